The van der Waals surface area contributed by atoms with Gasteiger partial charge in [-0.1, -0.05) is 17.9 Å². The van der Waals surface area contributed by atoms with E-state index < -0.39 is 0 Å². The Labute approximate surface area is 103 Å². The van der Waals surface area contributed by atoms with Gasteiger partial charge in [-0.15, -0.1) is 5.10 Å². The Hall–Kier alpha value is -1.10. The number of aromatic nitrogens is 2. The highest BCUT2D eigenvalue weighted by Gasteiger charge is 2.25. The molecule has 1 saturated carbocycles. The monoisotopic (exact) mass is 238 g/mol. The van der Waals surface area contributed by atoms with Crippen molar-refractivity contribution >= 4 is 6.01 Å². The summed E-state index contributed by atoms with van der Waals surface area (Å²) in [5.41, 5.74) is 0. The largest absolute Gasteiger partial charge is 0.406 e. The van der Waals surface area contributed by atoms with Crippen LogP contribution in [0.1, 0.15) is 51.5 Å². The van der Waals surface area contributed by atoms with Gasteiger partial charge in [0.25, 0.3) is 0 Å². The highest BCUT2D eigenvalue weighted by atomic mass is 16.4. The van der Waals surface area contributed by atoms with Crippen LogP contribution in [0.3, 0.4) is 0 Å². The van der Waals surface area contributed by atoms with Crippen molar-refractivity contribution in [3.8, 4) is 0 Å². The maximum Gasteiger partial charge on any atom is 0.318 e. The number of hydrogen-bond acceptors (Lipinski definition) is 5. The molecule has 1 aromatic heterocycles. The second-order valence-corrected chi connectivity index (χ2v) is 4.66. The molecule has 0 aliphatic heterocycles. The van der Waals surface area contributed by atoms with E-state index >= 15 is 0 Å². The SMILES string of the molecule is CCN(c1nnc(C(C)NC)o1)C1CCCC1. The molecular formula is C12H22N4O. The van der Waals surface area contributed by atoms with Crippen molar-refractivity contribution in [3.05, 3.63) is 5.89 Å². The van der Waals surface area contributed by atoms with Crippen molar-refractivity contribution in [3.63, 3.8) is 0 Å². The van der Waals surface area contributed by atoms with Gasteiger partial charge < -0.3 is 14.6 Å². The molecule has 1 heterocycles. The molecule has 1 fully saturated rings. The zero-order valence-electron chi connectivity index (χ0n) is 10.9. The number of anilines is 1. The molecule has 17 heavy (non-hydrogen) atoms. The molecule has 96 valence electrons. The highest BCUT2D eigenvalue weighted by Crippen LogP contribution is 2.27. The number of nitrogens with zero attached hydrogens (tertiary/aromatic N) is 3. The van der Waals surface area contributed by atoms with Gasteiger partial charge in [0.05, 0.1) is 6.04 Å². The maximum absolute atomic E-state index is 5.74. The van der Waals surface area contributed by atoms with Gasteiger partial charge in [-0.25, -0.2) is 0 Å². The van der Waals surface area contributed by atoms with Gasteiger partial charge in [0, 0.05) is 12.6 Å². The quantitative estimate of drug-likeness (QED) is 0.851. The van der Waals surface area contributed by atoms with Gasteiger partial charge in [0.15, 0.2) is 0 Å². The molecule has 5 nitrogen and oxygen atoms in total. The number of rotatable bonds is 5. The third kappa shape index (κ3) is 2.60. The first kappa shape index (κ1) is 12.4. The molecule has 1 aliphatic carbocycles. The van der Waals surface area contributed by atoms with Crippen LogP contribution in [-0.4, -0.2) is 29.8 Å². The van der Waals surface area contributed by atoms with E-state index in [4.69, 9.17) is 4.42 Å². The van der Waals surface area contributed by atoms with E-state index in [0.29, 0.717) is 17.9 Å². The zero-order chi connectivity index (χ0) is 12.3. The Balaban J connectivity index is 2.11. The minimum atomic E-state index is 0.110. The molecule has 0 aromatic carbocycles. The smallest absolute Gasteiger partial charge is 0.318 e. The molecular weight excluding hydrogens is 216 g/mol. The lowest BCUT2D eigenvalue weighted by Crippen LogP contribution is -2.33. The molecule has 0 amide bonds. The Morgan fingerprint density at radius 2 is 2.12 bits per heavy atom. The summed E-state index contributed by atoms with van der Waals surface area (Å²) in [6.45, 7) is 5.09. The van der Waals surface area contributed by atoms with Crippen molar-refractivity contribution in [2.45, 2.75) is 51.6 Å². The summed E-state index contributed by atoms with van der Waals surface area (Å²) in [6.07, 6.45) is 5.12. The predicted molar refractivity (Wildman–Crippen MR) is 67.0 cm³/mol. The molecule has 1 atom stereocenters. The van der Waals surface area contributed by atoms with Crippen molar-refractivity contribution in [2.75, 3.05) is 18.5 Å². The molecule has 2 rings (SSSR count). The van der Waals surface area contributed by atoms with Crippen molar-refractivity contribution < 1.29 is 4.42 Å². The van der Waals surface area contributed by atoms with Crippen LogP contribution in [0.15, 0.2) is 4.42 Å². The first-order chi connectivity index (χ1) is 8.26. The van der Waals surface area contributed by atoms with Crippen LogP contribution < -0.4 is 10.2 Å². The maximum atomic E-state index is 5.74. The van der Waals surface area contributed by atoms with Gasteiger partial charge in [0.1, 0.15) is 0 Å². The minimum absolute atomic E-state index is 0.110. The summed E-state index contributed by atoms with van der Waals surface area (Å²) >= 11 is 0. The zero-order valence-corrected chi connectivity index (χ0v) is 10.9. The predicted octanol–water partition coefficient (Wildman–Crippen LogP) is 2.12. The molecule has 1 N–H and O–H groups in total. The standard InChI is InChI=1S/C12H22N4O/c1-4-16(10-7-5-6-8-10)12-15-14-11(17-12)9(2)13-3/h9-10,13H,4-8H2,1-3H3. The molecule has 0 radical (unpaired) electrons. The van der Waals surface area contributed by atoms with Crippen LogP contribution in [0.4, 0.5) is 6.01 Å². The first-order valence-corrected chi connectivity index (χ1v) is 6.53. The van der Waals surface area contributed by atoms with Crippen molar-refractivity contribution in [2.24, 2.45) is 0 Å². The lowest BCUT2D eigenvalue weighted by atomic mass is 10.2. The van der Waals surface area contributed by atoms with Crippen LogP contribution in [0.2, 0.25) is 0 Å². The van der Waals surface area contributed by atoms with Gasteiger partial charge in [0.2, 0.25) is 5.89 Å². The number of nitrogens with one attached hydrogen (secondary N) is 1. The fourth-order valence-electron chi connectivity index (χ4n) is 2.41. The van der Waals surface area contributed by atoms with E-state index in [9.17, 15) is 0 Å². The lowest BCUT2D eigenvalue weighted by molar-refractivity contribution is 0.420. The summed E-state index contributed by atoms with van der Waals surface area (Å²) in [4.78, 5) is 2.24. The summed E-state index contributed by atoms with van der Waals surface area (Å²) in [7, 11) is 1.89. The summed E-state index contributed by atoms with van der Waals surface area (Å²) in [5.74, 6) is 0.666. The van der Waals surface area contributed by atoms with Crippen LogP contribution in [0.5, 0.6) is 0 Å². The third-order valence-electron chi connectivity index (χ3n) is 3.59. The Morgan fingerprint density at radius 1 is 1.41 bits per heavy atom. The molecule has 5 heteroatoms. The van der Waals surface area contributed by atoms with Crippen LogP contribution in [0.25, 0.3) is 0 Å². The van der Waals surface area contributed by atoms with Crippen LogP contribution >= 0.6 is 0 Å². The minimum Gasteiger partial charge on any atom is -0.406 e. The third-order valence-corrected chi connectivity index (χ3v) is 3.59. The fraction of sp³-hybridized carbons (Fsp3) is 0.833. The molecule has 1 unspecified atom stereocenters. The van der Waals surface area contributed by atoms with E-state index in [1.54, 1.807) is 0 Å². The summed E-state index contributed by atoms with van der Waals surface area (Å²) < 4.78 is 5.74. The second-order valence-electron chi connectivity index (χ2n) is 4.66. The molecule has 1 aliphatic rings. The average molecular weight is 238 g/mol. The average Bonchev–Trinajstić information content (AvgIpc) is 3.00. The fourth-order valence-corrected chi connectivity index (χ4v) is 2.41. The van der Waals surface area contributed by atoms with Gasteiger partial charge in [-0.05, 0) is 33.7 Å². The topological polar surface area (TPSA) is 54.2 Å². The van der Waals surface area contributed by atoms with E-state index in [1.807, 2.05) is 14.0 Å². The normalized spacial score (nSPS) is 18.5. The van der Waals surface area contributed by atoms with Crippen molar-refractivity contribution in [1.29, 1.82) is 0 Å². The van der Waals surface area contributed by atoms with E-state index in [-0.39, 0.29) is 6.04 Å². The molecule has 0 spiro atoms. The lowest BCUT2D eigenvalue weighted by Gasteiger charge is -2.25. The van der Waals surface area contributed by atoms with Gasteiger partial charge >= 0.3 is 6.01 Å². The first-order valence-electron chi connectivity index (χ1n) is 6.53. The van der Waals surface area contributed by atoms with E-state index in [0.717, 1.165) is 6.54 Å². The van der Waals surface area contributed by atoms with Crippen LogP contribution in [-0.2, 0) is 0 Å². The molecule has 1 aromatic rings. The summed E-state index contributed by atoms with van der Waals surface area (Å²) in [6, 6.07) is 1.37. The van der Waals surface area contributed by atoms with Crippen molar-refractivity contribution in [1.82, 2.24) is 15.5 Å². The second kappa shape index (κ2) is 5.49. The highest BCUT2D eigenvalue weighted by molar-refractivity contribution is 5.27. The van der Waals surface area contributed by atoms with Gasteiger partial charge in [-0.3, -0.25) is 0 Å². The van der Waals surface area contributed by atoms with Crippen LogP contribution in [0, 0.1) is 0 Å². The molecule has 0 saturated heterocycles. The van der Waals surface area contributed by atoms with Gasteiger partial charge in [-0.2, -0.15) is 0 Å². The Morgan fingerprint density at radius 3 is 2.71 bits per heavy atom. The van der Waals surface area contributed by atoms with E-state index in [1.165, 1.54) is 25.7 Å². The number of hydrogen-bond donors (Lipinski definition) is 1. The Bertz CT molecular complexity index is 346. The summed E-state index contributed by atoms with van der Waals surface area (Å²) in [5, 5.41) is 11.4. The Kier molecular flexibility index (Phi) is 3.99. The van der Waals surface area contributed by atoms with E-state index in [2.05, 4.69) is 27.3 Å². The molecule has 0 bridgehead atoms.